The first-order valence-electron chi connectivity index (χ1n) is 20.9. The molecule has 2 fully saturated rings. The predicted molar refractivity (Wildman–Crippen MR) is 255 cm³/mol. The van der Waals surface area contributed by atoms with Gasteiger partial charge in [0, 0.05) is 93.7 Å². The molecule has 2 aromatic heterocycles. The van der Waals surface area contributed by atoms with Gasteiger partial charge in [-0.1, -0.05) is 48.0 Å². The summed E-state index contributed by atoms with van der Waals surface area (Å²) in [5.41, 5.74) is 5.57. The fourth-order valence-corrected chi connectivity index (χ4v) is 12.6. The summed E-state index contributed by atoms with van der Waals surface area (Å²) < 4.78 is 82.6. The monoisotopic (exact) mass is 962 g/mol. The molecule has 15 nitrogen and oxygen atoms in total. The number of sulfonamides is 2. The number of rotatable bonds is 15. The summed E-state index contributed by atoms with van der Waals surface area (Å²) in [6, 6.07) is 26.0. The van der Waals surface area contributed by atoms with Gasteiger partial charge in [-0.3, -0.25) is 0 Å². The van der Waals surface area contributed by atoms with Crippen LogP contribution in [0, 0.1) is 6.92 Å². The van der Waals surface area contributed by atoms with Crippen molar-refractivity contribution in [2.24, 2.45) is 0 Å². The van der Waals surface area contributed by atoms with E-state index in [0.717, 1.165) is 39.4 Å². The second-order valence-corrected chi connectivity index (χ2v) is 20.7. The zero-order valence-corrected chi connectivity index (χ0v) is 40.6. The zero-order valence-electron chi connectivity index (χ0n) is 37.3. The molecule has 2 saturated heterocycles. The van der Waals surface area contributed by atoms with Crippen LogP contribution in [0.25, 0.3) is 0 Å². The summed E-state index contributed by atoms with van der Waals surface area (Å²) in [7, 11) is 0.202. The first kappa shape index (κ1) is 47.5. The Kier molecular flexibility index (Phi) is 15.5. The lowest BCUT2D eigenvalue weighted by molar-refractivity contribution is 0.370. The second kappa shape index (κ2) is 21.2. The molecule has 65 heavy (non-hydrogen) atoms. The van der Waals surface area contributed by atoms with Crippen molar-refractivity contribution in [1.29, 1.82) is 0 Å². The highest BCUT2D eigenvalue weighted by atomic mass is 32.2. The quantitative estimate of drug-likeness (QED) is 0.106. The largest absolute Gasteiger partial charge is 0.497 e. The van der Waals surface area contributed by atoms with Crippen LogP contribution in [0.4, 0.5) is 10.3 Å². The van der Waals surface area contributed by atoms with Crippen LogP contribution in [0.5, 0.6) is 28.7 Å². The zero-order chi connectivity index (χ0) is 46.1. The molecule has 0 amide bonds. The molecular formula is C46H54N6O9S4. The molecule has 0 unspecified atom stereocenters. The van der Waals surface area contributed by atoms with Gasteiger partial charge < -0.3 is 33.5 Å². The van der Waals surface area contributed by atoms with Crippen molar-refractivity contribution in [2.75, 3.05) is 97.7 Å². The first-order chi connectivity index (χ1) is 31.4. The van der Waals surface area contributed by atoms with Gasteiger partial charge >= 0.3 is 0 Å². The van der Waals surface area contributed by atoms with E-state index >= 15 is 0 Å². The summed E-state index contributed by atoms with van der Waals surface area (Å²) in [6.45, 7) is 5.88. The van der Waals surface area contributed by atoms with Crippen LogP contribution in [-0.2, 0) is 32.9 Å². The Morgan fingerprint density at radius 2 is 1.00 bits per heavy atom. The number of methoxy groups -OCH3 is 5. The van der Waals surface area contributed by atoms with Crippen molar-refractivity contribution in [1.82, 2.24) is 18.6 Å². The molecule has 0 aliphatic carbocycles. The molecular weight excluding hydrogens is 909 g/mol. The number of aromatic nitrogens is 2. The molecule has 4 aromatic carbocycles. The highest BCUT2D eigenvalue weighted by Crippen LogP contribution is 2.34. The fourth-order valence-electron chi connectivity index (χ4n) is 7.61. The number of piperazine rings is 2. The van der Waals surface area contributed by atoms with E-state index in [0.29, 0.717) is 81.8 Å². The molecule has 0 radical (unpaired) electrons. The molecule has 6 aromatic rings. The van der Waals surface area contributed by atoms with E-state index < -0.39 is 20.0 Å². The number of hydrogen-bond acceptors (Lipinski definition) is 15. The van der Waals surface area contributed by atoms with E-state index in [1.807, 2.05) is 29.6 Å². The number of nitrogens with zero attached hydrogens (tertiary/aromatic N) is 6. The van der Waals surface area contributed by atoms with Gasteiger partial charge in [0.25, 0.3) is 0 Å². The summed E-state index contributed by atoms with van der Waals surface area (Å²) in [5.74, 6) is 2.41. The third-order valence-corrected chi connectivity index (χ3v) is 16.8. The van der Waals surface area contributed by atoms with Crippen LogP contribution in [0.1, 0.15) is 28.1 Å². The van der Waals surface area contributed by atoms with Gasteiger partial charge in [-0.25, -0.2) is 26.8 Å². The first-order valence-corrected chi connectivity index (χ1v) is 25.5. The molecule has 2 aliphatic heterocycles. The van der Waals surface area contributed by atoms with E-state index in [-0.39, 0.29) is 9.79 Å². The third-order valence-electron chi connectivity index (χ3n) is 11.1. The molecule has 4 heterocycles. The minimum atomic E-state index is -3.72. The number of hydrogen-bond donors (Lipinski definition) is 0. The molecule has 19 heteroatoms. The highest BCUT2D eigenvalue weighted by molar-refractivity contribution is 7.89. The maximum Gasteiger partial charge on any atom is 0.247 e. The maximum absolute atomic E-state index is 13.3. The van der Waals surface area contributed by atoms with E-state index in [1.54, 1.807) is 54.0 Å². The average Bonchev–Trinajstić information content (AvgIpc) is 4.01. The SMILES string of the molecule is COc1ccc(OC)c(S(=O)(=O)N2CCN(c3nc(Cc4cccc(C)c4)cs3)CC2)c1.COc1ccc(OC)c(S(=O)(=O)N2CCN(c3nc(Cc4ccccc4OC)cs3)CC2)c1. The maximum atomic E-state index is 13.3. The number of aryl methyl sites for hydroxylation is 1. The van der Waals surface area contributed by atoms with Crippen molar-refractivity contribution < 1.29 is 40.5 Å². The van der Waals surface area contributed by atoms with E-state index in [1.165, 1.54) is 60.3 Å². The number of ether oxygens (including phenoxy) is 5. The van der Waals surface area contributed by atoms with Gasteiger partial charge in [0.2, 0.25) is 20.0 Å². The summed E-state index contributed by atoms with van der Waals surface area (Å²) in [4.78, 5) is 14.1. The van der Waals surface area contributed by atoms with Crippen molar-refractivity contribution >= 4 is 53.0 Å². The Bertz CT molecular complexity index is 2770. The minimum absolute atomic E-state index is 0.117. The number of benzene rings is 4. The molecule has 0 saturated carbocycles. The Balaban J connectivity index is 0.000000194. The molecule has 346 valence electrons. The Labute approximate surface area is 389 Å². The molecule has 0 bridgehead atoms. The summed E-state index contributed by atoms with van der Waals surface area (Å²) in [6.07, 6.45) is 1.48. The Morgan fingerprint density at radius 1 is 0.523 bits per heavy atom. The highest BCUT2D eigenvalue weighted by Gasteiger charge is 2.33. The van der Waals surface area contributed by atoms with Crippen LogP contribution in [0.3, 0.4) is 0 Å². The van der Waals surface area contributed by atoms with Crippen LogP contribution >= 0.6 is 22.7 Å². The van der Waals surface area contributed by atoms with E-state index in [9.17, 15) is 16.8 Å². The Morgan fingerprint density at radius 3 is 1.46 bits per heavy atom. The lowest BCUT2D eigenvalue weighted by Crippen LogP contribution is -2.48. The molecule has 8 rings (SSSR count). The Hall–Kier alpha value is -5.44. The van der Waals surface area contributed by atoms with Gasteiger partial charge in [0.1, 0.15) is 38.5 Å². The van der Waals surface area contributed by atoms with Crippen molar-refractivity contribution in [3.05, 3.63) is 124 Å². The van der Waals surface area contributed by atoms with Gasteiger partial charge in [-0.05, 0) is 42.8 Å². The molecule has 0 N–H and O–H groups in total. The third kappa shape index (κ3) is 11.2. The van der Waals surface area contributed by atoms with Crippen molar-refractivity contribution in [3.63, 3.8) is 0 Å². The molecule has 2 aliphatic rings. The van der Waals surface area contributed by atoms with Gasteiger partial charge in [-0.15, -0.1) is 22.7 Å². The minimum Gasteiger partial charge on any atom is -0.497 e. The van der Waals surface area contributed by atoms with Gasteiger partial charge in [0.05, 0.1) is 46.9 Å². The lowest BCUT2D eigenvalue weighted by Gasteiger charge is -2.34. The molecule has 0 atom stereocenters. The van der Waals surface area contributed by atoms with Crippen molar-refractivity contribution in [2.45, 2.75) is 29.6 Å². The van der Waals surface area contributed by atoms with E-state index in [4.69, 9.17) is 33.7 Å². The number of anilines is 2. The van der Waals surface area contributed by atoms with Crippen molar-refractivity contribution in [3.8, 4) is 28.7 Å². The van der Waals surface area contributed by atoms with Crippen LogP contribution in [-0.4, -0.2) is 123 Å². The second-order valence-electron chi connectivity index (χ2n) is 15.2. The topological polar surface area (TPSA) is 153 Å². The number of thiazole rings is 2. The fraction of sp³-hybridized carbons (Fsp3) is 0.348. The van der Waals surface area contributed by atoms with E-state index in [2.05, 4.69) is 46.4 Å². The van der Waals surface area contributed by atoms with Crippen LogP contribution < -0.4 is 33.5 Å². The average molecular weight is 963 g/mol. The standard InChI is InChI=1S/C23H27N3O5S2.C23H27N3O4S2/c1-29-19-8-9-21(31-3)22(15-19)33(27,28)26-12-10-25(11-13-26)23-24-18(16-32-23)14-17-6-4-5-7-20(17)30-2;1-17-5-4-6-18(13-17)14-19-16-31-23(24-19)25-9-11-26(12-10-25)32(27,28)22-15-20(29-2)7-8-21(22)30-3/h4-9,15-16H,10-14H2,1-3H3;4-8,13,15-16H,9-12,14H2,1-3H3. The predicted octanol–water partition coefficient (Wildman–Crippen LogP) is 6.84. The van der Waals surface area contributed by atoms with Gasteiger partial charge in [0.15, 0.2) is 10.3 Å². The van der Waals surface area contributed by atoms with Crippen LogP contribution in [0.2, 0.25) is 0 Å². The number of para-hydroxylation sites is 1. The smallest absolute Gasteiger partial charge is 0.247 e. The normalized spacial score (nSPS) is 14.9. The summed E-state index contributed by atoms with van der Waals surface area (Å²) >= 11 is 3.18. The van der Waals surface area contributed by atoms with Gasteiger partial charge in [-0.2, -0.15) is 8.61 Å². The lowest BCUT2D eigenvalue weighted by atomic mass is 10.1. The summed E-state index contributed by atoms with van der Waals surface area (Å²) in [5, 5.41) is 5.97. The van der Waals surface area contributed by atoms with Crippen LogP contribution in [0.15, 0.2) is 105 Å². The molecule has 0 spiro atoms.